The minimum atomic E-state index is 0. The molecule has 2 aromatic rings. The van der Waals surface area contributed by atoms with Gasteiger partial charge in [-0.25, -0.2) is 0 Å². The lowest BCUT2D eigenvalue weighted by Crippen LogP contribution is -2.38. The third-order valence-corrected chi connectivity index (χ3v) is 3.74. The van der Waals surface area contributed by atoms with Crippen molar-refractivity contribution in [3.63, 3.8) is 0 Å². The highest BCUT2D eigenvalue weighted by Crippen LogP contribution is 2.02. The van der Waals surface area contributed by atoms with E-state index in [9.17, 15) is 0 Å². The number of nitrogens with zero attached hydrogens (tertiary/aromatic N) is 3. The summed E-state index contributed by atoms with van der Waals surface area (Å²) in [6.45, 7) is 7.77. The van der Waals surface area contributed by atoms with E-state index in [1.54, 1.807) is 0 Å². The molecule has 5 nitrogen and oxygen atoms in total. The van der Waals surface area contributed by atoms with Gasteiger partial charge in [0.25, 0.3) is 0 Å². The molecule has 1 aromatic carbocycles. The van der Waals surface area contributed by atoms with Crippen molar-refractivity contribution in [3.8, 4) is 0 Å². The van der Waals surface area contributed by atoms with Crippen molar-refractivity contribution < 1.29 is 0 Å². The van der Waals surface area contributed by atoms with E-state index in [1.807, 2.05) is 23.1 Å². The molecule has 0 fully saturated rings. The minimum absolute atomic E-state index is 0. The van der Waals surface area contributed by atoms with E-state index in [2.05, 4.69) is 59.9 Å². The van der Waals surface area contributed by atoms with Crippen molar-refractivity contribution in [3.05, 3.63) is 54.4 Å². The third-order valence-electron chi connectivity index (χ3n) is 3.74. The Balaban J connectivity index is 0.00000312. The van der Waals surface area contributed by atoms with Crippen molar-refractivity contribution in [2.24, 2.45) is 10.9 Å². The van der Waals surface area contributed by atoms with Gasteiger partial charge < -0.3 is 10.6 Å². The number of hydrogen-bond donors (Lipinski definition) is 2. The number of aliphatic imine (C=N–C) groups is 1. The van der Waals surface area contributed by atoms with Gasteiger partial charge in [0, 0.05) is 38.6 Å². The van der Waals surface area contributed by atoms with Crippen molar-refractivity contribution in [1.82, 2.24) is 20.4 Å². The number of aryl methyl sites for hydroxylation is 1. The van der Waals surface area contributed by atoms with Gasteiger partial charge in [-0.1, -0.05) is 37.3 Å². The molecule has 0 aliphatic rings. The quantitative estimate of drug-likeness (QED) is 0.264. The lowest BCUT2D eigenvalue weighted by molar-refractivity contribution is 0.458. The zero-order chi connectivity index (χ0) is 17.0. The number of aromatic nitrogens is 2. The van der Waals surface area contributed by atoms with Gasteiger partial charge in [-0.15, -0.1) is 24.0 Å². The predicted molar refractivity (Wildman–Crippen MR) is 116 cm³/mol. The molecule has 0 saturated heterocycles. The van der Waals surface area contributed by atoms with Gasteiger partial charge in [-0.05, 0) is 37.3 Å². The van der Waals surface area contributed by atoms with Crippen LogP contribution in [-0.2, 0) is 13.0 Å². The van der Waals surface area contributed by atoms with Crippen LogP contribution in [0, 0.1) is 5.92 Å². The third kappa shape index (κ3) is 8.90. The number of halogens is 1. The Morgan fingerprint density at radius 2 is 2.00 bits per heavy atom. The van der Waals surface area contributed by atoms with E-state index < -0.39 is 0 Å². The van der Waals surface area contributed by atoms with E-state index in [1.165, 1.54) is 5.56 Å². The zero-order valence-corrected chi connectivity index (χ0v) is 17.5. The van der Waals surface area contributed by atoms with Crippen LogP contribution in [0.1, 0.15) is 25.8 Å². The molecular formula is C19H30IN5. The molecule has 1 atom stereocenters. The fraction of sp³-hybridized carbons (Fsp3) is 0.474. The molecule has 0 spiro atoms. The van der Waals surface area contributed by atoms with Gasteiger partial charge in [0.2, 0.25) is 0 Å². The second kappa shape index (κ2) is 12.7. The van der Waals surface area contributed by atoms with Crippen LogP contribution in [-0.4, -0.2) is 35.4 Å². The predicted octanol–water partition coefficient (Wildman–Crippen LogP) is 3.33. The summed E-state index contributed by atoms with van der Waals surface area (Å²) in [7, 11) is 0. The smallest absolute Gasteiger partial charge is 0.191 e. The molecule has 0 aliphatic heterocycles. The Morgan fingerprint density at radius 3 is 2.68 bits per heavy atom. The molecule has 138 valence electrons. The van der Waals surface area contributed by atoms with Gasteiger partial charge >= 0.3 is 0 Å². The van der Waals surface area contributed by atoms with Gasteiger partial charge in [-0.2, -0.15) is 5.10 Å². The summed E-state index contributed by atoms with van der Waals surface area (Å²) in [6.07, 6.45) is 5.99. The number of nitrogens with one attached hydrogen (secondary N) is 2. The van der Waals surface area contributed by atoms with Crippen LogP contribution in [0.15, 0.2) is 53.8 Å². The van der Waals surface area contributed by atoms with Crippen LogP contribution in [0.2, 0.25) is 0 Å². The summed E-state index contributed by atoms with van der Waals surface area (Å²) >= 11 is 0. The summed E-state index contributed by atoms with van der Waals surface area (Å²) in [4.78, 5) is 4.69. The highest BCUT2D eigenvalue weighted by molar-refractivity contribution is 14.0. The van der Waals surface area contributed by atoms with Crippen molar-refractivity contribution in [1.29, 1.82) is 0 Å². The van der Waals surface area contributed by atoms with Gasteiger partial charge in [0.15, 0.2) is 5.96 Å². The Morgan fingerprint density at radius 1 is 1.20 bits per heavy atom. The molecule has 0 radical (unpaired) electrons. The molecular weight excluding hydrogens is 425 g/mol. The molecule has 1 aromatic heterocycles. The molecule has 0 aliphatic carbocycles. The van der Waals surface area contributed by atoms with Gasteiger partial charge in [0.1, 0.15) is 0 Å². The second-order valence-electron chi connectivity index (χ2n) is 6.07. The van der Waals surface area contributed by atoms with Crippen molar-refractivity contribution in [2.75, 3.05) is 19.6 Å². The first-order chi connectivity index (χ1) is 11.8. The first kappa shape index (κ1) is 21.5. The second-order valence-corrected chi connectivity index (χ2v) is 6.07. The molecule has 1 heterocycles. The molecule has 0 bridgehead atoms. The standard InChI is InChI=1S/C19H29N5.HI/c1-3-20-19(21-12-7-11-18-9-5-4-6-10-18)22-15-17(2)16-24-14-8-13-23-24;/h4-6,8-10,13-14,17H,3,7,11-12,15-16H2,1-2H3,(H2,20,21,22);1H. The van der Waals surface area contributed by atoms with E-state index in [-0.39, 0.29) is 24.0 Å². The summed E-state index contributed by atoms with van der Waals surface area (Å²) in [5.41, 5.74) is 1.38. The van der Waals surface area contributed by atoms with E-state index in [0.29, 0.717) is 5.92 Å². The number of guanidine groups is 1. The van der Waals surface area contributed by atoms with Crippen LogP contribution in [0.3, 0.4) is 0 Å². The summed E-state index contributed by atoms with van der Waals surface area (Å²) in [5.74, 6) is 1.35. The summed E-state index contributed by atoms with van der Waals surface area (Å²) in [6, 6.07) is 12.5. The molecule has 1 unspecified atom stereocenters. The van der Waals surface area contributed by atoms with Crippen LogP contribution in [0.5, 0.6) is 0 Å². The monoisotopic (exact) mass is 455 g/mol. The average molecular weight is 455 g/mol. The first-order valence-electron chi connectivity index (χ1n) is 8.81. The molecule has 0 amide bonds. The van der Waals surface area contributed by atoms with Gasteiger partial charge in [-0.3, -0.25) is 9.67 Å². The number of rotatable bonds is 9. The summed E-state index contributed by atoms with van der Waals surface area (Å²) < 4.78 is 1.96. The molecule has 2 rings (SSSR count). The molecule has 0 saturated carbocycles. The molecule has 6 heteroatoms. The topological polar surface area (TPSA) is 54.2 Å². The molecule has 25 heavy (non-hydrogen) atoms. The van der Waals surface area contributed by atoms with E-state index >= 15 is 0 Å². The Labute approximate surface area is 168 Å². The lowest BCUT2D eigenvalue weighted by atomic mass is 10.1. The Hall–Kier alpha value is -1.57. The van der Waals surface area contributed by atoms with Crippen molar-refractivity contribution in [2.45, 2.75) is 33.2 Å². The Bertz CT molecular complexity index is 583. The van der Waals surface area contributed by atoms with Crippen LogP contribution in [0.4, 0.5) is 0 Å². The minimum Gasteiger partial charge on any atom is -0.357 e. The van der Waals surface area contributed by atoms with Crippen LogP contribution in [0.25, 0.3) is 0 Å². The van der Waals surface area contributed by atoms with E-state index in [0.717, 1.165) is 45.0 Å². The first-order valence-corrected chi connectivity index (χ1v) is 8.81. The highest BCUT2D eigenvalue weighted by Gasteiger charge is 2.04. The lowest BCUT2D eigenvalue weighted by Gasteiger charge is -2.13. The maximum atomic E-state index is 4.69. The SMILES string of the molecule is CCNC(=NCC(C)Cn1cccn1)NCCCc1ccccc1.I. The largest absolute Gasteiger partial charge is 0.357 e. The highest BCUT2D eigenvalue weighted by atomic mass is 127. The molecule has 2 N–H and O–H groups in total. The Kier molecular flexibility index (Phi) is 10.9. The normalized spacial score (nSPS) is 12.3. The fourth-order valence-electron chi connectivity index (χ4n) is 2.52. The zero-order valence-electron chi connectivity index (χ0n) is 15.2. The van der Waals surface area contributed by atoms with Gasteiger partial charge in [0.05, 0.1) is 0 Å². The van der Waals surface area contributed by atoms with Crippen LogP contribution >= 0.6 is 24.0 Å². The maximum Gasteiger partial charge on any atom is 0.191 e. The maximum absolute atomic E-state index is 4.69. The van der Waals surface area contributed by atoms with Crippen molar-refractivity contribution >= 4 is 29.9 Å². The summed E-state index contributed by atoms with van der Waals surface area (Å²) in [5, 5.41) is 11.0. The van der Waals surface area contributed by atoms with Crippen LogP contribution < -0.4 is 10.6 Å². The average Bonchev–Trinajstić information content (AvgIpc) is 3.10. The number of benzene rings is 1. The fourth-order valence-corrected chi connectivity index (χ4v) is 2.52. The van der Waals surface area contributed by atoms with E-state index in [4.69, 9.17) is 4.99 Å². The number of hydrogen-bond acceptors (Lipinski definition) is 2.